The normalized spacial score (nSPS) is 25.4. The van der Waals surface area contributed by atoms with Crippen molar-refractivity contribution in [2.75, 3.05) is 31.6 Å². The summed E-state index contributed by atoms with van der Waals surface area (Å²) in [5.74, 6) is 0. The van der Waals surface area contributed by atoms with E-state index in [-0.39, 0.29) is 12.6 Å². The van der Waals surface area contributed by atoms with E-state index < -0.39 is 0 Å². The number of hydrogen-bond donors (Lipinski definition) is 1. The van der Waals surface area contributed by atoms with E-state index in [1.165, 1.54) is 11.3 Å². The Hall–Kier alpha value is -0.580. The van der Waals surface area contributed by atoms with Crippen molar-refractivity contribution < 1.29 is 5.11 Å². The molecule has 3 nitrogen and oxygen atoms in total. The van der Waals surface area contributed by atoms with Gasteiger partial charge >= 0.3 is 0 Å². The number of rotatable bonds is 2. The molecular formula is C15H23BrN2O. The fourth-order valence-electron chi connectivity index (χ4n) is 2.64. The zero-order valence-electron chi connectivity index (χ0n) is 11.9. The van der Waals surface area contributed by atoms with Gasteiger partial charge in [-0.2, -0.15) is 0 Å². The lowest BCUT2D eigenvalue weighted by molar-refractivity contribution is 0.206. The van der Waals surface area contributed by atoms with Gasteiger partial charge in [0.2, 0.25) is 0 Å². The molecule has 2 atom stereocenters. The first-order chi connectivity index (χ1) is 9.02. The molecule has 1 heterocycles. The second kappa shape index (κ2) is 6.25. The Labute approximate surface area is 124 Å². The molecule has 4 heteroatoms. The molecule has 2 unspecified atom stereocenters. The number of aryl methyl sites for hydroxylation is 1. The fourth-order valence-corrected chi connectivity index (χ4v) is 2.89. The van der Waals surface area contributed by atoms with E-state index >= 15 is 0 Å². The second-order valence-corrected chi connectivity index (χ2v) is 6.39. The molecule has 106 valence electrons. The van der Waals surface area contributed by atoms with E-state index in [1.54, 1.807) is 0 Å². The molecule has 19 heavy (non-hydrogen) atoms. The Morgan fingerprint density at radius 2 is 2.16 bits per heavy atom. The van der Waals surface area contributed by atoms with Crippen LogP contribution in [-0.4, -0.2) is 48.8 Å². The van der Waals surface area contributed by atoms with Crippen molar-refractivity contribution in [2.24, 2.45) is 0 Å². The smallest absolute Gasteiger partial charge is 0.0647 e. The second-order valence-electron chi connectivity index (χ2n) is 5.54. The number of halogens is 1. The van der Waals surface area contributed by atoms with Crippen LogP contribution < -0.4 is 4.90 Å². The molecule has 1 fully saturated rings. The standard InChI is InChI=1S/C15H23BrN2O/c1-11-8-13(4-5-15(11)16)18-7-6-12(2)17(3)9-14(18)10-19/h4-5,8,12,14,19H,6-7,9-10H2,1-3H3. The summed E-state index contributed by atoms with van der Waals surface area (Å²) in [6.45, 7) is 6.47. The summed E-state index contributed by atoms with van der Waals surface area (Å²) in [6.07, 6.45) is 1.13. The molecule has 1 aromatic carbocycles. The maximum atomic E-state index is 9.70. The number of hydrogen-bond acceptors (Lipinski definition) is 3. The van der Waals surface area contributed by atoms with Crippen LogP contribution in [-0.2, 0) is 0 Å². The van der Waals surface area contributed by atoms with Gasteiger partial charge in [0.1, 0.15) is 0 Å². The largest absolute Gasteiger partial charge is 0.394 e. The lowest BCUT2D eigenvalue weighted by atomic mass is 10.1. The van der Waals surface area contributed by atoms with Crippen molar-refractivity contribution >= 4 is 21.6 Å². The Balaban J connectivity index is 2.27. The highest BCUT2D eigenvalue weighted by molar-refractivity contribution is 9.10. The Morgan fingerprint density at radius 3 is 2.79 bits per heavy atom. The van der Waals surface area contributed by atoms with Gasteiger partial charge in [0.25, 0.3) is 0 Å². The van der Waals surface area contributed by atoms with Crippen LogP contribution in [0.4, 0.5) is 5.69 Å². The highest BCUT2D eigenvalue weighted by Gasteiger charge is 2.26. The van der Waals surface area contributed by atoms with Crippen molar-refractivity contribution in [3.8, 4) is 0 Å². The van der Waals surface area contributed by atoms with Gasteiger partial charge in [-0.3, -0.25) is 0 Å². The lowest BCUT2D eigenvalue weighted by Gasteiger charge is -2.32. The lowest BCUT2D eigenvalue weighted by Crippen LogP contribution is -2.43. The van der Waals surface area contributed by atoms with Crippen LogP contribution >= 0.6 is 15.9 Å². The maximum Gasteiger partial charge on any atom is 0.0647 e. The molecule has 0 bridgehead atoms. The predicted molar refractivity (Wildman–Crippen MR) is 83.8 cm³/mol. The first-order valence-corrected chi connectivity index (χ1v) is 7.66. The average molecular weight is 327 g/mol. The van der Waals surface area contributed by atoms with E-state index in [9.17, 15) is 5.11 Å². The molecule has 0 aromatic heterocycles. The number of benzene rings is 1. The Bertz CT molecular complexity index is 438. The fraction of sp³-hybridized carbons (Fsp3) is 0.600. The minimum Gasteiger partial charge on any atom is -0.394 e. The summed E-state index contributed by atoms with van der Waals surface area (Å²) >= 11 is 3.54. The summed E-state index contributed by atoms with van der Waals surface area (Å²) in [4.78, 5) is 4.69. The van der Waals surface area contributed by atoms with Crippen molar-refractivity contribution in [3.63, 3.8) is 0 Å². The molecule has 1 N–H and O–H groups in total. The highest BCUT2D eigenvalue weighted by atomic mass is 79.9. The first-order valence-electron chi connectivity index (χ1n) is 6.87. The summed E-state index contributed by atoms with van der Waals surface area (Å²) in [5.41, 5.74) is 2.45. The molecule has 0 radical (unpaired) electrons. The average Bonchev–Trinajstić information content (AvgIpc) is 2.53. The minimum absolute atomic E-state index is 0.176. The maximum absolute atomic E-state index is 9.70. The van der Waals surface area contributed by atoms with Crippen LogP contribution in [0.3, 0.4) is 0 Å². The third-order valence-electron chi connectivity index (χ3n) is 4.16. The quantitative estimate of drug-likeness (QED) is 0.905. The van der Waals surface area contributed by atoms with Gasteiger partial charge in [-0.05, 0) is 51.1 Å². The molecule has 0 saturated carbocycles. The first kappa shape index (κ1) is 14.8. The number of anilines is 1. The van der Waals surface area contributed by atoms with Crippen LogP contribution in [0.15, 0.2) is 22.7 Å². The third kappa shape index (κ3) is 3.30. The van der Waals surface area contributed by atoms with Crippen molar-refractivity contribution in [2.45, 2.75) is 32.4 Å². The van der Waals surface area contributed by atoms with Gasteiger partial charge in [0, 0.05) is 29.3 Å². The summed E-state index contributed by atoms with van der Waals surface area (Å²) in [7, 11) is 2.14. The van der Waals surface area contributed by atoms with Gasteiger partial charge in [0.15, 0.2) is 0 Å². The van der Waals surface area contributed by atoms with Gasteiger partial charge in [0.05, 0.1) is 12.6 Å². The molecule has 0 spiro atoms. The number of aliphatic hydroxyl groups excluding tert-OH is 1. The van der Waals surface area contributed by atoms with Crippen LogP contribution in [0, 0.1) is 6.92 Å². The van der Waals surface area contributed by atoms with Gasteiger partial charge in [-0.1, -0.05) is 15.9 Å². The number of aliphatic hydroxyl groups is 1. The minimum atomic E-state index is 0.176. The van der Waals surface area contributed by atoms with Gasteiger partial charge in [-0.25, -0.2) is 0 Å². The number of nitrogens with zero attached hydrogens (tertiary/aromatic N) is 2. The van der Waals surface area contributed by atoms with Gasteiger partial charge in [-0.15, -0.1) is 0 Å². The summed E-state index contributed by atoms with van der Waals surface area (Å²) in [5, 5.41) is 9.70. The zero-order chi connectivity index (χ0) is 14.0. The van der Waals surface area contributed by atoms with Crippen molar-refractivity contribution in [1.82, 2.24) is 4.90 Å². The highest BCUT2D eigenvalue weighted by Crippen LogP contribution is 2.26. The predicted octanol–water partition coefficient (Wildman–Crippen LogP) is 2.65. The van der Waals surface area contributed by atoms with Gasteiger partial charge < -0.3 is 14.9 Å². The van der Waals surface area contributed by atoms with Crippen LogP contribution in [0.2, 0.25) is 0 Å². The Morgan fingerprint density at radius 1 is 1.42 bits per heavy atom. The van der Waals surface area contributed by atoms with E-state index in [1.807, 2.05) is 0 Å². The van der Waals surface area contributed by atoms with E-state index in [0.29, 0.717) is 6.04 Å². The van der Waals surface area contributed by atoms with Crippen molar-refractivity contribution in [1.29, 1.82) is 0 Å². The SMILES string of the molecule is Cc1cc(N2CCC(C)N(C)CC2CO)ccc1Br. The van der Waals surface area contributed by atoms with Crippen LogP contribution in [0.25, 0.3) is 0 Å². The van der Waals surface area contributed by atoms with E-state index in [0.717, 1.165) is 24.0 Å². The molecule has 1 aliphatic heterocycles. The zero-order valence-corrected chi connectivity index (χ0v) is 13.5. The molecule has 0 amide bonds. The Kier molecular flexibility index (Phi) is 4.87. The van der Waals surface area contributed by atoms with Crippen molar-refractivity contribution in [3.05, 3.63) is 28.2 Å². The monoisotopic (exact) mass is 326 g/mol. The summed E-state index contributed by atoms with van der Waals surface area (Å²) < 4.78 is 1.14. The molecular weight excluding hydrogens is 304 g/mol. The van der Waals surface area contributed by atoms with E-state index in [4.69, 9.17) is 0 Å². The molecule has 1 saturated heterocycles. The molecule has 0 aliphatic carbocycles. The summed E-state index contributed by atoms with van der Waals surface area (Å²) in [6, 6.07) is 7.17. The molecule has 1 aliphatic rings. The third-order valence-corrected chi connectivity index (χ3v) is 5.05. The van der Waals surface area contributed by atoms with Crippen LogP contribution in [0.1, 0.15) is 18.9 Å². The topological polar surface area (TPSA) is 26.7 Å². The number of likely N-dealkylation sites (N-methyl/N-ethyl adjacent to an activating group) is 1. The molecule has 1 aromatic rings. The molecule has 2 rings (SSSR count). The van der Waals surface area contributed by atoms with Crippen LogP contribution in [0.5, 0.6) is 0 Å². The van der Waals surface area contributed by atoms with E-state index in [2.05, 4.69) is 64.8 Å².